The molecule has 0 aromatic heterocycles. The summed E-state index contributed by atoms with van der Waals surface area (Å²) < 4.78 is 5.34. The van der Waals surface area contributed by atoms with Crippen LogP contribution < -0.4 is 9.64 Å². The van der Waals surface area contributed by atoms with Crippen LogP contribution >= 0.6 is 11.8 Å². The summed E-state index contributed by atoms with van der Waals surface area (Å²) in [6.07, 6.45) is 2.05. The normalized spacial score (nSPS) is 16.4. The minimum Gasteiger partial charge on any atom is -0.426 e. The van der Waals surface area contributed by atoms with Crippen LogP contribution in [0, 0.1) is 23.0 Å². The zero-order chi connectivity index (χ0) is 19.6. The molecular weight excluding hydrogens is 368 g/mol. The fraction of sp³-hybridized carbons (Fsp3) is 0.263. The molecule has 0 saturated carbocycles. The third kappa shape index (κ3) is 4.11. The summed E-state index contributed by atoms with van der Waals surface area (Å²) in [4.78, 5) is 37.8. The van der Waals surface area contributed by atoms with Crippen molar-refractivity contribution in [3.05, 3.63) is 58.1 Å². The van der Waals surface area contributed by atoms with Crippen LogP contribution in [-0.2, 0) is 9.59 Å². The Labute approximate surface area is 160 Å². The van der Waals surface area contributed by atoms with Crippen LogP contribution in [0.3, 0.4) is 0 Å². The van der Waals surface area contributed by atoms with Crippen LogP contribution in [0.5, 0.6) is 5.75 Å². The number of aryl methyl sites for hydroxylation is 1. The van der Waals surface area contributed by atoms with E-state index < -0.39 is 16.8 Å². The first-order chi connectivity index (χ1) is 12.9. The van der Waals surface area contributed by atoms with Crippen LogP contribution in [0.1, 0.15) is 12.0 Å². The fourth-order valence-corrected chi connectivity index (χ4v) is 3.38. The van der Waals surface area contributed by atoms with Crippen LogP contribution in [0.4, 0.5) is 11.4 Å². The number of nitrogens with zero attached hydrogens (tertiary/aromatic N) is 2. The number of benzene rings is 2. The maximum absolute atomic E-state index is 12.4. The number of nitro groups is 1. The van der Waals surface area contributed by atoms with Gasteiger partial charge in [-0.3, -0.25) is 19.7 Å². The summed E-state index contributed by atoms with van der Waals surface area (Å²) in [5.74, 6) is -0.986. The van der Waals surface area contributed by atoms with Crippen molar-refractivity contribution in [2.75, 3.05) is 17.7 Å². The molecule has 1 saturated heterocycles. The van der Waals surface area contributed by atoms with Gasteiger partial charge in [0.1, 0.15) is 5.75 Å². The maximum Gasteiger partial charge on any atom is 0.316 e. The van der Waals surface area contributed by atoms with Gasteiger partial charge in [0.05, 0.1) is 10.8 Å². The Morgan fingerprint density at radius 3 is 2.56 bits per heavy atom. The van der Waals surface area contributed by atoms with Crippen molar-refractivity contribution in [2.45, 2.75) is 18.2 Å². The first kappa shape index (κ1) is 18.9. The highest BCUT2D eigenvalue weighted by molar-refractivity contribution is 7.98. The molecule has 0 aliphatic carbocycles. The SMILES string of the molecule is CSc1ccc(N2CC(C(=O)Oc3ccc([N+](=O)[O-])c(C)c3)CC2=O)cc1. The lowest BCUT2D eigenvalue weighted by Gasteiger charge is -2.16. The second-order valence-electron chi connectivity index (χ2n) is 6.23. The number of thioether (sulfide) groups is 1. The zero-order valence-electron chi connectivity index (χ0n) is 14.9. The van der Waals surface area contributed by atoms with E-state index in [0.29, 0.717) is 5.56 Å². The highest BCUT2D eigenvalue weighted by Gasteiger charge is 2.36. The summed E-state index contributed by atoms with van der Waals surface area (Å²) in [6, 6.07) is 11.7. The summed E-state index contributed by atoms with van der Waals surface area (Å²) in [5.41, 5.74) is 1.12. The largest absolute Gasteiger partial charge is 0.426 e. The Bertz CT molecular complexity index is 897. The number of anilines is 1. The number of carbonyl (C=O) groups excluding carboxylic acids is 2. The van der Waals surface area contributed by atoms with Crippen LogP contribution in [0.2, 0.25) is 0 Å². The van der Waals surface area contributed by atoms with Crippen molar-refractivity contribution in [1.29, 1.82) is 0 Å². The first-order valence-electron chi connectivity index (χ1n) is 8.30. The molecule has 3 rings (SSSR count). The van der Waals surface area contributed by atoms with Crippen LogP contribution in [-0.4, -0.2) is 29.6 Å². The van der Waals surface area contributed by atoms with Crippen molar-refractivity contribution < 1.29 is 19.2 Å². The van der Waals surface area contributed by atoms with E-state index in [1.54, 1.807) is 23.6 Å². The van der Waals surface area contributed by atoms with E-state index in [9.17, 15) is 19.7 Å². The molecule has 2 aromatic rings. The highest BCUT2D eigenvalue weighted by Crippen LogP contribution is 2.29. The molecule has 140 valence electrons. The van der Waals surface area contributed by atoms with Gasteiger partial charge in [0.25, 0.3) is 5.69 Å². The monoisotopic (exact) mass is 386 g/mol. The van der Waals surface area contributed by atoms with E-state index >= 15 is 0 Å². The van der Waals surface area contributed by atoms with Crippen LogP contribution in [0.25, 0.3) is 0 Å². The number of carbonyl (C=O) groups is 2. The van der Waals surface area contributed by atoms with Gasteiger partial charge in [-0.2, -0.15) is 0 Å². The molecule has 8 heteroatoms. The van der Waals surface area contributed by atoms with E-state index in [1.807, 2.05) is 30.5 Å². The molecule has 2 aromatic carbocycles. The van der Waals surface area contributed by atoms with Crippen molar-refractivity contribution in [1.82, 2.24) is 0 Å². The third-order valence-corrected chi connectivity index (χ3v) is 5.17. The molecule has 1 fully saturated rings. The van der Waals surface area contributed by atoms with Gasteiger partial charge in [0.15, 0.2) is 0 Å². The average molecular weight is 386 g/mol. The van der Waals surface area contributed by atoms with E-state index in [2.05, 4.69) is 0 Å². The second kappa shape index (κ2) is 7.79. The van der Waals surface area contributed by atoms with E-state index in [0.717, 1.165) is 10.6 Å². The number of rotatable bonds is 5. The number of nitro benzene ring substituents is 1. The molecule has 1 aliphatic heterocycles. The van der Waals surface area contributed by atoms with Crippen molar-refractivity contribution >= 4 is 35.0 Å². The quantitative estimate of drug-likeness (QED) is 0.256. The number of hydrogen-bond donors (Lipinski definition) is 0. The lowest BCUT2D eigenvalue weighted by molar-refractivity contribution is -0.385. The standard InChI is InChI=1S/C19H18N2O5S/c1-12-9-15(5-8-17(12)21(24)25)26-19(23)13-10-18(22)20(11-13)14-3-6-16(27-2)7-4-14/h3-9,13H,10-11H2,1-2H3. The number of amides is 1. The molecule has 1 unspecified atom stereocenters. The molecule has 7 nitrogen and oxygen atoms in total. The van der Waals surface area contributed by atoms with Gasteiger partial charge in [-0.15, -0.1) is 11.8 Å². The van der Waals surface area contributed by atoms with Gasteiger partial charge in [0.2, 0.25) is 5.91 Å². The Hall–Kier alpha value is -2.87. The van der Waals surface area contributed by atoms with E-state index in [4.69, 9.17) is 4.74 Å². The van der Waals surface area contributed by atoms with E-state index in [-0.39, 0.29) is 30.3 Å². The first-order valence-corrected chi connectivity index (χ1v) is 9.52. The smallest absolute Gasteiger partial charge is 0.316 e. The summed E-state index contributed by atoms with van der Waals surface area (Å²) in [7, 11) is 0. The molecule has 0 radical (unpaired) electrons. The minimum atomic E-state index is -0.576. The molecule has 1 heterocycles. The van der Waals surface area contributed by atoms with Crippen molar-refractivity contribution in [3.63, 3.8) is 0 Å². The zero-order valence-corrected chi connectivity index (χ0v) is 15.7. The lowest BCUT2D eigenvalue weighted by atomic mass is 10.1. The molecule has 1 atom stereocenters. The van der Waals surface area contributed by atoms with Gasteiger partial charge in [-0.05, 0) is 49.6 Å². The fourth-order valence-electron chi connectivity index (χ4n) is 2.97. The van der Waals surface area contributed by atoms with Crippen molar-refractivity contribution in [2.24, 2.45) is 5.92 Å². The Balaban J connectivity index is 1.68. The third-order valence-electron chi connectivity index (χ3n) is 4.43. The molecule has 27 heavy (non-hydrogen) atoms. The Morgan fingerprint density at radius 1 is 1.26 bits per heavy atom. The van der Waals surface area contributed by atoms with E-state index in [1.165, 1.54) is 18.2 Å². The lowest BCUT2D eigenvalue weighted by Crippen LogP contribution is -2.27. The van der Waals surface area contributed by atoms with Gasteiger partial charge in [-0.1, -0.05) is 0 Å². The maximum atomic E-state index is 12.4. The second-order valence-corrected chi connectivity index (χ2v) is 7.11. The van der Waals surface area contributed by atoms with Crippen LogP contribution in [0.15, 0.2) is 47.4 Å². The van der Waals surface area contributed by atoms with Crippen molar-refractivity contribution in [3.8, 4) is 5.75 Å². The summed E-state index contributed by atoms with van der Waals surface area (Å²) in [5, 5.41) is 10.9. The number of hydrogen-bond acceptors (Lipinski definition) is 6. The minimum absolute atomic E-state index is 0.0364. The van der Waals surface area contributed by atoms with Gasteiger partial charge in [0, 0.05) is 35.2 Å². The molecule has 0 spiro atoms. The average Bonchev–Trinajstić information content (AvgIpc) is 3.03. The summed E-state index contributed by atoms with van der Waals surface area (Å²) in [6.45, 7) is 1.83. The van der Waals surface area contributed by atoms with Gasteiger partial charge >= 0.3 is 5.97 Å². The Kier molecular flexibility index (Phi) is 5.46. The predicted molar refractivity (Wildman–Crippen MR) is 102 cm³/mol. The molecule has 1 aliphatic rings. The Morgan fingerprint density at radius 2 is 1.96 bits per heavy atom. The highest BCUT2D eigenvalue weighted by atomic mass is 32.2. The topological polar surface area (TPSA) is 89.8 Å². The summed E-state index contributed by atoms with van der Waals surface area (Å²) >= 11 is 1.61. The molecular formula is C19H18N2O5S. The number of ether oxygens (including phenoxy) is 1. The predicted octanol–water partition coefficient (Wildman–Crippen LogP) is 3.58. The number of esters is 1. The van der Waals surface area contributed by atoms with Gasteiger partial charge in [-0.25, -0.2) is 0 Å². The molecule has 0 N–H and O–H groups in total. The van der Waals surface area contributed by atoms with Gasteiger partial charge < -0.3 is 9.64 Å². The molecule has 1 amide bonds. The molecule has 0 bridgehead atoms.